The zero-order valence-corrected chi connectivity index (χ0v) is 15.3. The summed E-state index contributed by atoms with van der Waals surface area (Å²) in [5, 5.41) is 11.8. The molecule has 4 aromatic rings. The van der Waals surface area contributed by atoms with Crippen LogP contribution in [0.5, 0.6) is 5.75 Å². The minimum Gasteiger partial charge on any atom is -0.494 e. The standard InChI is InChI=1S/C19H19N7O/c1-12-8-18(20-2)24-19(22-12)23-14-4-5-17(27-3)16(9-14)26-11-13-10-21-7-6-15(13)25-26/h4-11H,1-3H3,(H2,20,22,23,24). The number of rotatable bonds is 5. The lowest BCUT2D eigenvalue weighted by atomic mass is 10.2. The van der Waals surface area contributed by atoms with Crippen molar-refractivity contribution < 1.29 is 4.74 Å². The highest BCUT2D eigenvalue weighted by Crippen LogP contribution is 2.28. The fraction of sp³-hybridized carbons (Fsp3) is 0.158. The molecule has 0 spiro atoms. The maximum Gasteiger partial charge on any atom is 0.229 e. The van der Waals surface area contributed by atoms with Gasteiger partial charge in [-0.3, -0.25) is 4.98 Å². The lowest BCUT2D eigenvalue weighted by molar-refractivity contribution is 0.412. The molecule has 1 aromatic carbocycles. The van der Waals surface area contributed by atoms with E-state index in [1.165, 1.54) is 0 Å². The monoisotopic (exact) mass is 361 g/mol. The van der Waals surface area contributed by atoms with Crippen LogP contribution in [0.4, 0.5) is 17.5 Å². The van der Waals surface area contributed by atoms with Gasteiger partial charge in [-0.15, -0.1) is 0 Å². The second-order valence-electron chi connectivity index (χ2n) is 5.99. The average Bonchev–Trinajstić information content (AvgIpc) is 3.11. The molecule has 0 saturated carbocycles. The highest BCUT2D eigenvalue weighted by molar-refractivity contribution is 5.77. The summed E-state index contributed by atoms with van der Waals surface area (Å²) >= 11 is 0. The van der Waals surface area contributed by atoms with E-state index in [-0.39, 0.29) is 0 Å². The maximum absolute atomic E-state index is 5.51. The summed E-state index contributed by atoms with van der Waals surface area (Å²) in [6, 6.07) is 9.51. The van der Waals surface area contributed by atoms with Crippen LogP contribution in [0.15, 0.2) is 48.9 Å². The van der Waals surface area contributed by atoms with Gasteiger partial charge in [-0.25, -0.2) is 9.67 Å². The molecular weight excluding hydrogens is 342 g/mol. The fourth-order valence-electron chi connectivity index (χ4n) is 2.82. The van der Waals surface area contributed by atoms with Gasteiger partial charge in [0, 0.05) is 48.5 Å². The van der Waals surface area contributed by atoms with Crippen LogP contribution in [0.3, 0.4) is 0 Å². The molecule has 0 saturated heterocycles. The molecule has 3 heterocycles. The number of hydrogen-bond donors (Lipinski definition) is 2. The molecule has 8 nitrogen and oxygen atoms in total. The number of nitrogens with one attached hydrogen (secondary N) is 2. The maximum atomic E-state index is 5.51. The summed E-state index contributed by atoms with van der Waals surface area (Å²) in [6.07, 6.45) is 5.43. The van der Waals surface area contributed by atoms with Gasteiger partial charge < -0.3 is 15.4 Å². The first-order chi connectivity index (χ1) is 13.2. The first-order valence-electron chi connectivity index (χ1n) is 8.44. The molecule has 3 aromatic heterocycles. The van der Waals surface area contributed by atoms with Crippen LogP contribution >= 0.6 is 0 Å². The fourth-order valence-corrected chi connectivity index (χ4v) is 2.82. The topological polar surface area (TPSA) is 89.8 Å². The van der Waals surface area contributed by atoms with Crippen molar-refractivity contribution >= 4 is 28.4 Å². The molecule has 2 N–H and O–H groups in total. The Balaban J connectivity index is 1.73. The van der Waals surface area contributed by atoms with E-state index < -0.39 is 0 Å². The van der Waals surface area contributed by atoms with Crippen molar-refractivity contribution in [2.24, 2.45) is 0 Å². The van der Waals surface area contributed by atoms with Gasteiger partial charge in [0.1, 0.15) is 17.3 Å². The summed E-state index contributed by atoms with van der Waals surface area (Å²) in [5.74, 6) is 1.98. The van der Waals surface area contributed by atoms with Gasteiger partial charge in [-0.1, -0.05) is 0 Å². The van der Waals surface area contributed by atoms with E-state index in [1.807, 2.05) is 50.5 Å². The van der Waals surface area contributed by atoms with Crippen molar-refractivity contribution in [3.05, 3.63) is 54.6 Å². The van der Waals surface area contributed by atoms with Crippen LogP contribution in [-0.4, -0.2) is 38.9 Å². The summed E-state index contributed by atoms with van der Waals surface area (Å²) in [7, 11) is 3.47. The second kappa shape index (κ2) is 6.91. The third kappa shape index (κ3) is 3.37. The van der Waals surface area contributed by atoms with Crippen LogP contribution < -0.4 is 15.4 Å². The van der Waals surface area contributed by atoms with Gasteiger partial charge in [0.25, 0.3) is 0 Å². The Morgan fingerprint density at radius 2 is 2.00 bits per heavy atom. The summed E-state index contributed by atoms with van der Waals surface area (Å²) in [5.41, 5.74) is 3.37. The molecule has 0 radical (unpaired) electrons. The highest BCUT2D eigenvalue weighted by atomic mass is 16.5. The van der Waals surface area contributed by atoms with E-state index in [2.05, 4.69) is 30.7 Å². The minimum absolute atomic E-state index is 0.519. The molecule has 0 unspecified atom stereocenters. The Labute approximate surface area is 156 Å². The van der Waals surface area contributed by atoms with Crippen molar-refractivity contribution in [1.82, 2.24) is 24.7 Å². The van der Waals surface area contributed by atoms with E-state index in [0.717, 1.165) is 33.8 Å². The Morgan fingerprint density at radius 1 is 1.11 bits per heavy atom. The molecule has 0 aliphatic heterocycles. The molecule has 0 bridgehead atoms. The van der Waals surface area contributed by atoms with Gasteiger partial charge in [0.2, 0.25) is 5.95 Å². The summed E-state index contributed by atoms with van der Waals surface area (Å²) < 4.78 is 7.30. The lowest BCUT2D eigenvalue weighted by Crippen LogP contribution is -2.04. The number of anilines is 3. The SMILES string of the molecule is CNc1cc(C)nc(Nc2ccc(OC)c(-n3cc4cnccc4n3)c2)n1. The first kappa shape index (κ1) is 16.8. The lowest BCUT2D eigenvalue weighted by Gasteiger charge is -2.12. The zero-order chi connectivity index (χ0) is 18.8. The Bertz CT molecular complexity index is 1070. The van der Waals surface area contributed by atoms with Crippen molar-refractivity contribution in [1.29, 1.82) is 0 Å². The molecule has 136 valence electrons. The molecule has 27 heavy (non-hydrogen) atoms. The van der Waals surface area contributed by atoms with Gasteiger partial charge in [0.05, 0.1) is 12.6 Å². The number of pyridine rings is 1. The number of methoxy groups -OCH3 is 1. The molecule has 4 rings (SSSR count). The third-order valence-corrected chi connectivity index (χ3v) is 4.10. The Morgan fingerprint density at radius 3 is 2.78 bits per heavy atom. The van der Waals surface area contributed by atoms with E-state index in [9.17, 15) is 0 Å². The predicted molar refractivity (Wildman–Crippen MR) is 105 cm³/mol. The smallest absolute Gasteiger partial charge is 0.229 e. The van der Waals surface area contributed by atoms with Gasteiger partial charge in [0.15, 0.2) is 0 Å². The van der Waals surface area contributed by atoms with E-state index >= 15 is 0 Å². The second-order valence-corrected chi connectivity index (χ2v) is 5.99. The molecular formula is C19H19N7O. The predicted octanol–water partition coefficient (Wildman–Crippen LogP) is 3.31. The molecule has 8 heteroatoms. The normalized spacial score (nSPS) is 10.8. The largest absolute Gasteiger partial charge is 0.494 e. The minimum atomic E-state index is 0.519. The van der Waals surface area contributed by atoms with E-state index in [1.54, 1.807) is 24.2 Å². The number of benzene rings is 1. The van der Waals surface area contributed by atoms with Crippen LogP contribution in [0.1, 0.15) is 5.69 Å². The van der Waals surface area contributed by atoms with Crippen LogP contribution in [0.2, 0.25) is 0 Å². The van der Waals surface area contributed by atoms with Crippen LogP contribution in [0, 0.1) is 6.92 Å². The molecule has 0 fully saturated rings. The van der Waals surface area contributed by atoms with Crippen molar-refractivity contribution in [3.63, 3.8) is 0 Å². The first-order valence-corrected chi connectivity index (χ1v) is 8.44. The highest BCUT2D eigenvalue weighted by Gasteiger charge is 2.11. The van der Waals surface area contributed by atoms with Crippen molar-refractivity contribution in [3.8, 4) is 11.4 Å². The van der Waals surface area contributed by atoms with E-state index in [4.69, 9.17) is 4.74 Å². The third-order valence-electron chi connectivity index (χ3n) is 4.10. The van der Waals surface area contributed by atoms with E-state index in [0.29, 0.717) is 11.7 Å². The number of aryl methyl sites for hydroxylation is 1. The van der Waals surface area contributed by atoms with Crippen molar-refractivity contribution in [2.75, 3.05) is 24.8 Å². The Kier molecular flexibility index (Phi) is 4.29. The molecule has 0 atom stereocenters. The number of ether oxygens (including phenoxy) is 1. The number of aromatic nitrogens is 5. The number of hydrogen-bond acceptors (Lipinski definition) is 7. The molecule has 0 aliphatic rings. The van der Waals surface area contributed by atoms with Gasteiger partial charge >= 0.3 is 0 Å². The van der Waals surface area contributed by atoms with Crippen LogP contribution in [-0.2, 0) is 0 Å². The van der Waals surface area contributed by atoms with Crippen LogP contribution in [0.25, 0.3) is 16.6 Å². The molecule has 0 amide bonds. The average molecular weight is 361 g/mol. The summed E-state index contributed by atoms with van der Waals surface area (Å²) in [4.78, 5) is 13.0. The number of fused-ring (bicyclic) bond motifs is 1. The Hall–Kier alpha value is -3.68. The zero-order valence-electron chi connectivity index (χ0n) is 15.3. The molecule has 0 aliphatic carbocycles. The van der Waals surface area contributed by atoms with Crippen molar-refractivity contribution in [2.45, 2.75) is 6.92 Å². The number of nitrogens with zero attached hydrogens (tertiary/aromatic N) is 5. The van der Waals surface area contributed by atoms with Gasteiger partial charge in [-0.05, 0) is 31.2 Å². The van der Waals surface area contributed by atoms with Gasteiger partial charge in [-0.2, -0.15) is 10.1 Å². The summed E-state index contributed by atoms with van der Waals surface area (Å²) in [6.45, 7) is 1.93. The quantitative estimate of drug-likeness (QED) is 0.563.